The number of nitrogens with zero attached hydrogens (tertiary/aromatic N) is 5. The van der Waals surface area contributed by atoms with E-state index < -0.39 is 0 Å². The van der Waals surface area contributed by atoms with E-state index in [0.29, 0.717) is 5.82 Å². The summed E-state index contributed by atoms with van der Waals surface area (Å²) in [7, 11) is 0. The Morgan fingerprint density at radius 3 is 2.22 bits per heavy atom. The summed E-state index contributed by atoms with van der Waals surface area (Å²) in [5, 5.41) is 0. The summed E-state index contributed by atoms with van der Waals surface area (Å²) in [5.41, 5.74) is 4.27. The minimum absolute atomic E-state index is 0.656. The molecule has 5 rings (SSSR count). The fourth-order valence-electron chi connectivity index (χ4n) is 3.55. The Hall–Kier alpha value is -3.73. The number of hydrogen-bond acceptors (Lipinski definition) is 5. The van der Waals surface area contributed by atoms with Gasteiger partial charge in [0.2, 0.25) is 0 Å². The van der Waals surface area contributed by atoms with E-state index in [1.807, 2.05) is 24.3 Å². The van der Waals surface area contributed by atoms with Crippen molar-refractivity contribution < 1.29 is 0 Å². The van der Waals surface area contributed by atoms with Crippen LogP contribution in [0.1, 0.15) is 11.4 Å². The van der Waals surface area contributed by atoms with Crippen LogP contribution in [0.2, 0.25) is 0 Å². The normalized spacial score (nSPS) is 15.8. The van der Waals surface area contributed by atoms with Crippen LogP contribution in [-0.2, 0) is 0 Å². The monoisotopic (exact) mass is 351 g/mol. The topological polar surface area (TPSA) is 45.2 Å². The van der Waals surface area contributed by atoms with Gasteiger partial charge >= 0.3 is 0 Å². The first-order chi connectivity index (χ1) is 13.4. The molecule has 5 nitrogen and oxygen atoms in total. The quantitative estimate of drug-likeness (QED) is 0.715. The molecular formula is C22H17N5. The lowest BCUT2D eigenvalue weighted by Crippen LogP contribution is -2.26. The fraction of sp³-hybridized carbons (Fsp3) is 0.0455. The van der Waals surface area contributed by atoms with E-state index in [2.05, 4.69) is 79.4 Å². The molecule has 0 amide bonds. The van der Waals surface area contributed by atoms with Crippen molar-refractivity contribution in [3.05, 3.63) is 109 Å². The minimum atomic E-state index is 0.656. The average molecular weight is 351 g/mol. The highest BCUT2D eigenvalue weighted by Crippen LogP contribution is 2.45. The molecule has 27 heavy (non-hydrogen) atoms. The molecular weight excluding hydrogens is 334 g/mol. The number of rotatable bonds is 3. The molecule has 0 saturated heterocycles. The highest BCUT2D eigenvalue weighted by molar-refractivity contribution is 6.01. The first-order valence-electron chi connectivity index (χ1n) is 8.85. The van der Waals surface area contributed by atoms with Gasteiger partial charge in [0.25, 0.3) is 0 Å². The highest BCUT2D eigenvalue weighted by Gasteiger charge is 2.37. The van der Waals surface area contributed by atoms with Crippen molar-refractivity contribution >= 4 is 17.1 Å². The summed E-state index contributed by atoms with van der Waals surface area (Å²) in [6, 6.07) is 20.7. The molecule has 0 unspecified atom stereocenters. The van der Waals surface area contributed by atoms with E-state index in [1.54, 1.807) is 12.7 Å². The third-order valence-electron chi connectivity index (χ3n) is 4.66. The number of allylic oxidation sites excluding steroid dienone is 2. The summed E-state index contributed by atoms with van der Waals surface area (Å²) in [5.74, 6) is 1.75. The van der Waals surface area contributed by atoms with Crippen LogP contribution in [0.5, 0.6) is 0 Å². The van der Waals surface area contributed by atoms with E-state index >= 15 is 0 Å². The Morgan fingerprint density at radius 1 is 0.778 bits per heavy atom. The smallest absolute Gasteiger partial charge is 0.181 e. The lowest BCUT2D eigenvalue weighted by molar-refractivity contribution is 0.546. The molecule has 130 valence electrons. The van der Waals surface area contributed by atoms with Gasteiger partial charge in [-0.2, -0.15) is 0 Å². The van der Waals surface area contributed by atoms with E-state index in [1.165, 1.54) is 0 Å². The van der Waals surface area contributed by atoms with Gasteiger partial charge in [-0.1, -0.05) is 60.7 Å². The van der Waals surface area contributed by atoms with Crippen molar-refractivity contribution in [3.63, 3.8) is 0 Å². The van der Waals surface area contributed by atoms with Crippen LogP contribution in [-0.4, -0.2) is 26.4 Å². The number of aromatic nitrogens is 3. The van der Waals surface area contributed by atoms with E-state index in [-0.39, 0.29) is 0 Å². The number of para-hydroxylation sites is 1. The van der Waals surface area contributed by atoms with Gasteiger partial charge in [0.05, 0.1) is 5.70 Å². The van der Waals surface area contributed by atoms with Crippen LogP contribution in [0.4, 0.5) is 5.69 Å². The van der Waals surface area contributed by atoms with Crippen molar-refractivity contribution in [1.29, 1.82) is 0 Å². The number of fused-ring (bicyclic) bond motifs is 1. The maximum Gasteiger partial charge on any atom is 0.181 e. The van der Waals surface area contributed by atoms with Gasteiger partial charge < -0.3 is 4.90 Å². The van der Waals surface area contributed by atoms with Gasteiger partial charge in [0.1, 0.15) is 24.2 Å². The molecule has 2 aromatic carbocycles. The van der Waals surface area contributed by atoms with Gasteiger partial charge in [-0.3, -0.25) is 4.90 Å². The maximum atomic E-state index is 4.47. The molecule has 2 aliphatic heterocycles. The van der Waals surface area contributed by atoms with Gasteiger partial charge in [-0.15, -0.1) is 0 Å². The average Bonchev–Trinajstić information content (AvgIpc) is 3.11. The first kappa shape index (κ1) is 15.5. The zero-order valence-electron chi connectivity index (χ0n) is 14.6. The minimum Gasteiger partial charge on any atom is -0.321 e. The summed E-state index contributed by atoms with van der Waals surface area (Å²) < 4.78 is 0. The first-order valence-corrected chi connectivity index (χ1v) is 8.85. The molecule has 3 aromatic rings. The van der Waals surface area contributed by atoms with Crippen LogP contribution >= 0.6 is 0 Å². The predicted octanol–water partition coefficient (Wildman–Crippen LogP) is 3.93. The van der Waals surface area contributed by atoms with Crippen molar-refractivity contribution in [3.8, 4) is 0 Å². The maximum absolute atomic E-state index is 4.47. The van der Waals surface area contributed by atoms with Crippen molar-refractivity contribution in [2.24, 2.45) is 0 Å². The van der Waals surface area contributed by atoms with Gasteiger partial charge in [0.15, 0.2) is 5.82 Å². The molecule has 0 N–H and O–H groups in total. The number of hydrogen-bond donors (Lipinski definition) is 0. The van der Waals surface area contributed by atoms with Crippen LogP contribution in [0.3, 0.4) is 0 Å². The van der Waals surface area contributed by atoms with Crippen LogP contribution in [0.15, 0.2) is 97.4 Å². The standard InChI is InChI=1S/C22H17N5/c1-3-9-17(10-4-1)20-21(22-24-15-23-16-25-22)27(18-11-5-2-6-12-18)19-13-7-8-14-26(19)20/h1-13,15-16H,14H2. The third kappa shape index (κ3) is 2.60. The second kappa shape index (κ2) is 6.53. The van der Waals surface area contributed by atoms with Crippen molar-refractivity contribution in [2.75, 3.05) is 11.4 Å². The van der Waals surface area contributed by atoms with Gasteiger partial charge in [-0.25, -0.2) is 15.0 Å². The molecule has 0 radical (unpaired) electrons. The Balaban J connectivity index is 1.81. The van der Waals surface area contributed by atoms with Crippen LogP contribution in [0, 0.1) is 0 Å². The number of benzene rings is 2. The largest absolute Gasteiger partial charge is 0.321 e. The van der Waals surface area contributed by atoms with Crippen molar-refractivity contribution in [1.82, 2.24) is 19.9 Å². The fourth-order valence-corrected chi connectivity index (χ4v) is 3.55. The molecule has 3 heterocycles. The third-order valence-corrected chi connectivity index (χ3v) is 4.66. The van der Waals surface area contributed by atoms with E-state index in [0.717, 1.165) is 35.0 Å². The van der Waals surface area contributed by atoms with Gasteiger partial charge in [-0.05, 0) is 18.2 Å². The second-order valence-electron chi connectivity index (χ2n) is 6.26. The second-order valence-corrected chi connectivity index (χ2v) is 6.26. The Labute approximate surface area is 157 Å². The Bertz CT molecular complexity index is 1040. The molecule has 0 spiro atoms. The Morgan fingerprint density at radius 2 is 1.48 bits per heavy atom. The molecule has 0 saturated carbocycles. The van der Waals surface area contributed by atoms with Gasteiger partial charge in [0, 0.05) is 17.8 Å². The van der Waals surface area contributed by atoms with Crippen LogP contribution in [0.25, 0.3) is 11.4 Å². The molecule has 0 fully saturated rings. The predicted molar refractivity (Wildman–Crippen MR) is 106 cm³/mol. The van der Waals surface area contributed by atoms with Crippen molar-refractivity contribution in [2.45, 2.75) is 0 Å². The summed E-state index contributed by atoms with van der Waals surface area (Å²) in [6.07, 6.45) is 9.48. The molecule has 2 aliphatic rings. The molecule has 0 bridgehead atoms. The van der Waals surface area contributed by atoms with E-state index in [4.69, 9.17) is 0 Å². The summed E-state index contributed by atoms with van der Waals surface area (Å²) in [6.45, 7) is 0.800. The lowest BCUT2D eigenvalue weighted by atomic mass is 10.1. The zero-order valence-corrected chi connectivity index (χ0v) is 14.6. The number of anilines is 1. The SMILES string of the molecule is C1=CCN2C(=C1)N(c1ccccc1)C(c1ncncn1)=C2c1ccccc1. The summed E-state index contributed by atoms with van der Waals surface area (Å²) in [4.78, 5) is 17.5. The molecule has 5 heteroatoms. The summed E-state index contributed by atoms with van der Waals surface area (Å²) >= 11 is 0. The molecule has 1 aromatic heterocycles. The van der Waals surface area contributed by atoms with Crippen LogP contribution < -0.4 is 4.90 Å². The zero-order chi connectivity index (χ0) is 18.1. The molecule has 0 aliphatic carbocycles. The highest BCUT2D eigenvalue weighted by atomic mass is 15.4. The lowest BCUT2D eigenvalue weighted by Gasteiger charge is -2.28. The molecule has 0 atom stereocenters. The Kier molecular flexibility index (Phi) is 3.76. The van der Waals surface area contributed by atoms with E-state index in [9.17, 15) is 0 Å².